The van der Waals surface area contributed by atoms with Crippen molar-refractivity contribution in [3.05, 3.63) is 47.8 Å². The highest BCUT2D eigenvalue weighted by Crippen LogP contribution is 2.18. The van der Waals surface area contributed by atoms with E-state index in [0.29, 0.717) is 12.4 Å². The molecule has 5 heteroatoms. The Kier molecular flexibility index (Phi) is 3.33. The van der Waals surface area contributed by atoms with Crippen LogP contribution in [0.1, 0.15) is 24.6 Å². The van der Waals surface area contributed by atoms with E-state index in [9.17, 15) is 0 Å². The van der Waals surface area contributed by atoms with Gasteiger partial charge in [-0.05, 0) is 18.1 Å². The number of hydrogen-bond donors (Lipinski definition) is 1. The average Bonchev–Trinajstić information content (AvgIpc) is 2.81. The molecule has 102 valence electrons. The smallest absolute Gasteiger partial charge is 0.169 e. The Morgan fingerprint density at radius 3 is 2.90 bits per heavy atom. The molecule has 5 nitrogen and oxygen atoms in total. The summed E-state index contributed by atoms with van der Waals surface area (Å²) >= 11 is 0. The van der Waals surface area contributed by atoms with Crippen molar-refractivity contribution in [2.75, 3.05) is 5.73 Å². The van der Waals surface area contributed by atoms with E-state index >= 15 is 0 Å². The molecule has 0 spiro atoms. The topological polar surface area (TPSA) is 69.6 Å². The van der Waals surface area contributed by atoms with Crippen LogP contribution in [-0.4, -0.2) is 20.0 Å². The third-order valence-electron chi connectivity index (χ3n) is 3.39. The molecule has 0 fully saturated rings. The molecule has 3 aromatic rings. The largest absolute Gasteiger partial charge is 0.381 e. The fraction of sp³-hybridized carbons (Fsp3) is 0.267. The van der Waals surface area contributed by atoms with Crippen LogP contribution in [0, 0.1) is 0 Å². The van der Waals surface area contributed by atoms with E-state index in [-0.39, 0.29) is 0 Å². The number of aromatic nitrogens is 4. The Bertz CT molecular complexity index is 727. The van der Waals surface area contributed by atoms with Crippen molar-refractivity contribution >= 4 is 16.7 Å². The van der Waals surface area contributed by atoms with E-state index < -0.39 is 0 Å². The maximum atomic E-state index is 5.88. The van der Waals surface area contributed by atoms with Crippen LogP contribution in [0.4, 0.5) is 5.82 Å². The number of benzene rings is 1. The molecule has 3 rings (SSSR count). The first-order valence-corrected chi connectivity index (χ1v) is 6.80. The summed E-state index contributed by atoms with van der Waals surface area (Å²) < 4.78 is 1.88. The molecule has 1 aromatic carbocycles. The highest BCUT2D eigenvalue weighted by Gasteiger charge is 2.11. The summed E-state index contributed by atoms with van der Waals surface area (Å²) in [5.74, 6) is 0.528. The van der Waals surface area contributed by atoms with E-state index in [0.717, 1.165) is 35.0 Å². The number of pyridine rings is 1. The second-order valence-electron chi connectivity index (χ2n) is 4.82. The third kappa shape index (κ3) is 2.22. The molecule has 0 radical (unpaired) electrons. The molecule has 0 amide bonds. The van der Waals surface area contributed by atoms with Gasteiger partial charge in [0.1, 0.15) is 0 Å². The number of hydrogen-bond acceptors (Lipinski definition) is 4. The number of para-hydroxylation sites is 1. The predicted molar refractivity (Wildman–Crippen MR) is 79.3 cm³/mol. The van der Waals surface area contributed by atoms with Crippen LogP contribution in [0.15, 0.2) is 36.5 Å². The van der Waals surface area contributed by atoms with Crippen molar-refractivity contribution in [3.63, 3.8) is 0 Å². The molecule has 0 unspecified atom stereocenters. The zero-order valence-electron chi connectivity index (χ0n) is 11.5. The normalized spacial score (nSPS) is 11.1. The molecular formula is C15H17N5. The second kappa shape index (κ2) is 5.28. The Morgan fingerprint density at radius 2 is 2.05 bits per heavy atom. The van der Waals surface area contributed by atoms with Crippen LogP contribution in [0.3, 0.4) is 0 Å². The number of nitrogens with zero attached hydrogens (tertiary/aromatic N) is 4. The standard InChI is InChI=1S/C15H17N5/c1-2-5-13-15(16)18-19-20(13)10-12-7-3-6-11-8-4-9-17-14(11)12/h3-4,6-9H,2,5,10,16H2,1H3. The first-order chi connectivity index (χ1) is 9.79. The summed E-state index contributed by atoms with van der Waals surface area (Å²) in [5, 5.41) is 9.27. The molecule has 0 saturated carbocycles. The van der Waals surface area contributed by atoms with Gasteiger partial charge in [0.2, 0.25) is 0 Å². The minimum atomic E-state index is 0.528. The lowest BCUT2D eigenvalue weighted by atomic mass is 10.1. The van der Waals surface area contributed by atoms with Crippen molar-refractivity contribution < 1.29 is 0 Å². The van der Waals surface area contributed by atoms with Crippen LogP contribution >= 0.6 is 0 Å². The number of nitrogens with two attached hydrogens (primary N) is 1. The molecule has 0 atom stereocenters. The van der Waals surface area contributed by atoms with Crippen molar-refractivity contribution in [2.24, 2.45) is 0 Å². The number of nitrogen functional groups attached to an aromatic ring is 1. The predicted octanol–water partition coefficient (Wildman–Crippen LogP) is 2.41. The molecular weight excluding hydrogens is 250 g/mol. The van der Waals surface area contributed by atoms with Crippen molar-refractivity contribution in [3.8, 4) is 0 Å². The van der Waals surface area contributed by atoms with E-state index in [2.05, 4.69) is 40.4 Å². The van der Waals surface area contributed by atoms with Gasteiger partial charge in [-0.1, -0.05) is 42.8 Å². The van der Waals surface area contributed by atoms with Crippen molar-refractivity contribution in [1.29, 1.82) is 0 Å². The minimum Gasteiger partial charge on any atom is -0.381 e. The van der Waals surface area contributed by atoms with Gasteiger partial charge in [-0.3, -0.25) is 4.98 Å². The Morgan fingerprint density at radius 1 is 1.20 bits per heavy atom. The minimum absolute atomic E-state index is 0.528. The van der Waals surface area contributed by atoms with E-state index in [1.54, 1.807) is 0 Å². The van der Waals surface area contributed by atoms with E-state index in [4.69, 9.17) is 5.73 Å². The summed E-state index contributed by atoms with van der Waals surface area (Å²) in [6, 6.07) is 10.2. The summed E-state index contributed by atoms with van der Waals surface area (Å²) in [6.07, 6.45) is 3.72. The number of anilines is 1. The summed E-state index contributed by atoms with van der Waals surface area (Å²) in [7, 11) is 0. The summed E-state index contributed by atoms with van der Waals surface area (Å²) in [5.41, 5.74) is 9.02. The van der Waals surface area contributed by atoms with Crippen LogP contribution < -0.4 is 5.73 Å². The molecule has 20 heavy (non-hydrogen) atoms. The molecule has 0 aliphatic carbocycles. The first-order valence-electron chi connectivity index (χ1n) is 6.80. The lowest BCUT2D eigenvalue weighted by Crippen LogP contribution is -2.08. The summed E-state index contributed by atoms with van der Waals surface area (Å²) in [4.78, 5) is 4.47. The van der Waals surface area contributed by atoms with E-state index in [1.165, 1.54) is 0 Å². The van der Waals surface area contributed by atoms with Crippen LogP contribution in [-0.2, 0) is 13.0 Å². The quantitative estimate of drug-likeness (QED) is 0.788. The molecule has 2 N–H and O–H groups in total. The molecule has 0 aliphatic heterocycles. The molecule has 2 heterocycles. The Balaban J connectivity index is 2.01. The van der Waals surface area contributed by atoms with Crippen molar-refractivity contribution in [2.45, 2.75) is 26.3 Å². The van der Waals surface area contributed by atoms with Gasteiger partial charge in [-0.15, -0.1) is 5.10 Å². The van der Waals surface area contributed by atoms with Gasteiger partial charge >= 0.3 is 0 Å². The number of rotatable bonds is 4. The SMILES string of the molecule is CCCc1c(N)nnn1Cc1cccc2cccnc12. The zero-order valence-corrected chi connectivity index (χ0v) is 11.5. The van der Waals surface area contributed by atoms with Crippen LogP contribution in [0.25, 0.3) is 10.9 Å². The van der Waals surface area contributed by atoms with Crippen LogP contribution in [0.2, 0.25) is 0 Å². The fourth-order valence-electron chi connectivity index (χ4n) is 2.42. The Hall–Kier alpha value is -2.43. The highest BCUT2D eigenvalue weighted by atomic mass is 15.4. The van der Waals surface area contributed by atoms with Crippen molar-refractivity contribution in [1.82, 2.24) is 20.0 Å². The molecule has 2 aromatic heterocycles. The van der Waals surface area contributed by atoms with Gasteiger partial charge in [0.05, 0.1) is 17.8 Å². The summed E-state index contributed by atoms with van der Waals surface area (Å²) in [6.45, 7) is 2.77. The van der Waals surface area contributed by atoms with Gasteiger partial charge in [-0.25, -0.2) is 4.68 Å². The van der Waals surface area contributed by atoms with Gasteiger partial charge in [0.25, 0.3) is 0 Å². The Labute approximate surface area is 117 Å². The first kappa shape index (κ1) is 12.6. The highest BCUT2D eigenvalue weighted by molar-refractivity contribution is 5.81. The fourth-order valence-corrected chi connectivity index (χ4v) is 2.42. The van der Waals surface area contributed by atoms with Gasteiger partial charge in [0.15, 0.2) is 5.82 Å². The van der Waals surface area contributed by atoms with Gasteiger partial charge in [0, 0.05) is 11.6 Å². The zero-order chi connectivity index (χ0) is 13.9. The number of fused-ring (bicyclic) bond motifs is 1. The van der Waals surface area contributed by atoms with Gasteiger partial charge < -0.3 is 5.73 Å². The maximum Gasteiger partial charge on any atom is 0.169 e. The average molecular weight is 267 g/mol. The van der Waals surface area contributed by atoms with E-state index in [1.807, 2.05) is 23.0 Å². The molecule has 0 saturated heterocycles. The van der Waals surface area contributed by atoms with Gasteiger partial charge in [-0.2, -0.15) is 0 Å². The maximum absolute atomic E-state index is 5.88. The second-order valence-corrected chi connectivity index (χ2v) is 4.82. The molecule has 0 aliphatic rings. The third-order valence-corrected chi connectivity index (χ3v) is 3.39. The molecule has 0 bridgehead atoms. The monoisotopic (exact) mass is 267 g/mol. The van der Waals surface area contributed by atoms with Crippen LogP contribution in [0.5, 0.6) is 0 Å². The lowest BCUT2D eigenvalue weighted by Gasteiger charge is -2.08. The lowest BCUT2D eigenvalue weighted by molar-refractivity contribution is 0.615.